The highest BCUT2D eigenvalue weighted by molar-refractivity contribution is 5.78. The number of nitrogens with one attached hydrogen (secondary N) is 1. The molecule has 0 saturated heterocycles. The molecule has 126 valence electrons. The minimum atomic E-state index is -0.354. The average Bonchev–Trinajstić information content (AvgIpc) is 3.15. The summed E-state index contributed by atoms with van der Waals surface area (Å²) >= 11 is 0. The van der Waals surface area contributed by atoms with E-state index in [0.29, 0.717) is 12.0 Å². The standard InChI is InChI=1S/C17H22N6O/c1-23-16-12(13(22-23)8-14(18)24)7-6-10-9-19-17(21-15(10)16)20-11-4-2-3-5-11/h9,11H,2-8H2,1H3,(H2,18,24)(H,19,20,21). The Morgan fingerprint density at radius 3 is 2.92 bits per heavy atom. The number of primary amides is 1. The van der Waals surface area contributed by atoms with Gasteiger partial charge < -0.3 is 11.1 Å². The van der Waals surface area contributed by atoms with E-state index in [1.54, 1.807) is 0 Å². The molecule has 0 unspecified atom stereocenters. The van der Waals surface area contributed by atoms with E-state index in [1.165, 1.54) is 25.7 Å². The second-order valence-corrected chi connectivity index (χ2v) is 6.73. The number of carbonyl (C=O) groups is 1. The number of amides is 1. The molecule has 4 rings (SSSR count). The summed E-state index contributed by atoms with van der Waals surface area (Å²) in [5.74, 6) is 0.333. The molecule has 2 heterocycles. The number of hydrogen-bond donors (Lipinski definition) is 2. The molecule has 0 aliphatic heterocycles. The zero-order chi connectivity index (χ0) is 16.7. The van der Waals surface area contributed by atoms with Crippen molar-refractivity contribution < 1.29 is 4.79 Å². The van der Waals surface area contributed by atoms with Gasteiger partial charge in [0.05, 0.1) is 23.5 Å². The Morgan fingerprint density at radius 1 is 1.38 bits per heavy atom. The number of anilines is 1. The van der Waals surface area contributed by atoms with Crippen LogP contribution in [0.15, 0.2) is 6.20 Å². The van der Waals surface area contributed by atoms with Crippen molar-refractivity contribution in [2.24, 2.45) is 12.8 Å². The maximum atomic E-state index is 11.3. The number of nitrogens with two attached hydrogens (primary N) is 1. The highest BCUT2D eigenvalue weighted by Gasteiger charge is 2.27. The quantitative estimate of drug-likeness (QED) is 0.884. The molecular formula is C17H22N6O. The van der Waals surface area contributed by atoms with Crippen molar-refractivity contribution >= 4 is 11.9 Å². The van der Waals surface area contributed by atoms with Gasteiger partial charge in [0.1, 0.15) is 0 Å². The van der Waals surface area contributed by atoms with Crippen LogP contribution in [0.5, 0.6) is 0 Å². The average molecular weight is 326 g/mol. The molecule has 2 aromatic heterocycles. The van der Waals surface area contributed by atoms with E-state index in [4.69, 9.17) is 10.7 Å². The molecule has 7 nitrogen and oxygen atoms in total. The lowest BCUT2D eigenvalue weighted by Crippen LogP contribution is -2.18. The van der Waals surface area contributed by atoms with Crippen LogP contribution in [0.25, 0.3) is 11.4 Å². The van der Waals surface area contributed by atoms with E-state index >= 15 is 0 Å². The van der Waals surface area contributed by atoms with Gasteiger partial charge in [-0.1, -0.05) is 12.8 Å². The summed E-state index contributed by atoms with van der Waals surface area (Å²) in [6.45, 7) is 0. The molecule has 0 spiro atoms. The number of nitrogens with zero attached hydrogens (tertiary/aromatic N) is 4. The molecule has 2 aliphatic rings. The largest absolute Gasteiger partial charge is 0.369 e. The summed E-state index contributed by atoms with van der Waals surface area (Å²) in [4.78, 5) is 20.6. The molecule has 7 heteroatoms. The number of hydrogen-bond acceptors (Lipinski definition) is 5. The molecule has 1 amide bonds. The smallest absolute Gasteiger partial charge is 0.223 e. The fourth-order valence-corrected chi connectivity index (χ4v) is 3.87. The third-order valence-electron chi connectivity index (χ3n) is 4.99. The van der Waals surface area contributed by atoms with Crippen LogP contribution in [0.2, 0.25) is 0 Å². The summed E-state index contributed by atoms with van der Waals surface area (Å²) in [5.41, 5.74) is 10.3. The van der Waals surface area contributed by atoms with Gasteiger partial charge in [-0.2, -0.15) is 5.10 Å². The zero-order valence-electron chi connectivity index (χ0n) is 13.9. The Hall–Kier alpha value is -2.44. The van der Waals surface area contributed by atoms with Gasteiger partial charge in [0.2, 0.25) is 11.9 Å². The maximum absolute atomic E-state index is 11.3. The summed E-state index contributed by atoms with van der Waals surface area (Å²) in [6, 6.07) is 0.475. The van der Waals surface area contributed by atoms with Crippen LogP contribution in [-0.2, 0) is 31.1 Å². The van der Waals surface area contributed by atoms with E-state index in [2.05, 4.69) is 15.4 Å². The van der Waals surface area contributed by atoms with Crippen LogP contribution >= 0.6 is 0 Å². The van der Waals surface area contributed by atoms with Crippen molar-refractivity contribution in [1.29, 1.82) is 0 Å². The summed E-state index contributed by atoms with van der Waals surface area (Å²) < 4.78 is 1.82. The second-order valence-electron chi connectivity index (χ2n) is 6.73. The molecule has 0 radical (unpaired) electrons. The van der Waals surface area contributed by atoms with E-state index in [1.807, 2.05) is 17.9 Å². The SMILES string of the molecule is Cn1nc(CC(N)=O)c2c1-c1nc(NC3CCCC3)ncc1CC2. The van der Waals surface area contributed by atoms with E-state index < -0.39 is 0 Å². The summed E-state index contributed by atoms with van der Waals surface area (Å²) in [7, 11) is 1.89. The lowest BCUT2D eigenvalue weighted by Gasteiger charge is -2.19. The lowest BCUT2D eigenvalue weighted by atomic mass is 9.92. The zero-order valence-corrected chi connectivity index (χ0v) is 13.9. The Bertz CT molecular complexity index is 791. The molecule has 0 bridgehead atoms. The predicted octanol–water partition coefficient (Wildman–Crippen LogP) is 1.36. The van der Waals surface area contributed by atoms with Gasteiger partial charge >= 0.3 is 0 Å². The molecule has 1 saturated carbocycles. The van der Waals surface area contributed by atoms with Gasteiger partial charge in [0.15, 0.2) is 0 Å². The highest BCUT2D eigenvalue weighted by Crippen LogP contribution is 2.34. The van der Waals surface area contributed by atoms with Crippen molar-refractivity contribution in [2.45, 2.75) is 51.0 Å². The Labute approximate surface area is 140 Å². The van der Waals surface area contributed by atoms with Crippen molar-refractivity contribution in [1.82, 2.24) is 19.7 Å². The molecule has 0 atom stereocenters. The number of carbonyl (C=O) groups excluding carboxylic acids is 1. The second kappa shape index (κ2) is 5.89. The normalized spacial score (nSPS) is 16.7. The minimum Gasteiger partial charge on any atom is -0.369 e. The van der Waals surface area contributed by atoms with Crippen molar-refractivity contribution in [3.05, 3.63) is 23.0 Å². The first-order chi connectivity index (χ1) is 11.6. The van der Waals surface area contributed by atoms with Crippen LogP contribution in [-0.4, -0.2) is 31.7 Å². The van der Waals surface area contributed by atoms with Gasteiger partial charge in [0, 0.05) is 24.8 Å². The molecule has 1 fully saturated rings. The third kappa shape index (κ3) is 2.64. The van der Waals surface area contributed by atoms with Gasteiger partial charge in [-0.15, -0.1) is 0 Å². The first-order valence-electron chi connectivity index (χ1n) is 8.57. The van der Waals surface area contributed by atoms with E-state index in [0.717, 1.165) is 41.1 Å². The van der Waals surface area contributed by atoms with Crippen molar-refractivity contribution in [2.75, 3.05) is 5.32 Å². The van der Waals surface area contributed by atoms with Crippen LogP contribution < -0.4 is 11.1 Å². The van der Waals surface area contributed by atoms with Gasteiger partial charge in [0.25, 0.3) is 0 Å². The topological polar surface area (TPSA) is 98.7 Å². The van der Waals surface area contributed by atoms with Crippen molar-refractivity contribution in [3.63, 3.8) is 0 Å². The summed E-state index contributed by atoms with van der Waals surface area (Å²) in [6.07, 6.45) is 8.71. The lowest BCUT2D eigenvalue weighted by molar-refractivity contribution is -0.117. The molecule has 3 N–H and O–H groups in total. The van der Waals surface area contributed by atoms with Crippen LogP contribution in [0.3, 0.4) is 0 Å². The number of rotatable bonds is 4. The van der Waals surface area contributed by atoms with Crippen LogP contribution in [0.4, 0.5) is 5.95 Å². The van der Waals surface area contributed by atoms with E-state index in [9.17, 15) is 4.79 Å². The maximum Gasteiger partial charge on any atom is 0.223 e. The molecule has 2 aliphatic carbocycles. The first kappa shape index (κ1) is 15.1. The third-order valence-corrected chi connectivity index (χ3v) is 4.99. The molecule has 24 heavy (non-hydrogen) atoms. The Balaban J connectivity index is 1.71. The Morgan fingerprint density at radius 2 is 2.17 bits per heavy atom. The number of aryl methyl sites for hydroxylation is 2. The fraction of sp³-hybridized carbons (Fsp3) is 0.529. The highest BCUT2D eigenvalue weighted by atomic mass is 16.1. The Kier molecular flexibility index (Phi) is 3.70. The van der Waals surface area contributed by atoms with Gasteiger partial charge in [-0.25, -0.2) is 9.97 Å². The number of fused-ring (bicyclic) bond motifs is 3. The summed E-state index contributed by atoms with van der Waals surface area (Å²) in [5, 5.41) is 7.95. The van der Waals surface area contributed by atoms with Crippen molar-refractivity contribution in [3.8, 4) is 11.4 Å². The number of aromatic nitrogens is 4. The molecule has 0 aromatic carbocycles. The first-order valence-corrected chi connectivity index (χ1v) is 8.57. The van der Waals surface area contributed by atoms with E-state index in [-0.39, 0.29) is 12.3 Å². The van der Waals surface area contributed by atoms with Crippen LogP contribution in [0.1, 0.15) is 42.5 Å². The molecular weight excluding hydrogens is 304 g/mol. The fourth-order valence-electron chi connectivity index (χ4n) is 3.87. The van der Waals surface area contributed by atoms with Gasteiger partial charge in [-0.3, -0.25) is 9.48 Å². The minimum absolute atomic E-state index is 0.177. The molecule has 2 aromatic rings. The van der Waals surface area contributed by atoms with Crippen LogP contribution in [0, 0.1) is 0 Å². The monoisotopic (exact) mass is 326 g/mol. The van der Waals surface area contributed by atoms with Gasteiger partial charge in [-0.05, 0) is 31.2 Å². The predicted molar refractivity (Wildman–Crippen MR) is 90.4 cm³/mol.